The molecule has 0 saturated carbocycles. The van der Waals surface area contributed by atoms with Crippen molar-refractivity contribution in [1.82, 2.24) is 9.80 Å². The minimum atomic E-state index is -0.657. The number of carbonyl (C=O) groups is 2. The van der Waals surface area contributed by atoms with Gasteiger partial charge in [-0.1, -0.05) is 57.0 Å². The molecule has 1 aliphatic heterocycles. The fourth-order valence-corrected chi connectivity index (χ4v) is 4.46. The van der Waals surface area contributed by atoms with E-state index in [-0.39, 0.29) is 11.3 Å². The Morgan fingerprint density at radius 3 is 2.34 bits per heavy atom. The summed E-state index contributed by atoms with van der Waals surface area (Å²) in [4.78, 5) is 30.3. The van der Waals surface area contributed by atoms with Crippen LogP contribution in [0.2, 0.25) is 0 Å². The molecule has 1 unspecified atom stereocenters. The van der Waals surface area contributed by atoms with Gasteiger partial charge in [-0.25, -0.2) is 0 Å². The molecule has 35 heavy (non-hydrogen) atoms. The van der Waals surface area contributed by atoms with E-state index in [1.54, 1.807) is 4.90 Å². The third-order valence-corrected chi connectivity index (χ3v) is 6.70. The van der Waals surface area contributed by atoms with Gasteiger partial charge in [0, 0.05) is 18.7 Å². The molecule has 1 N–H and O–H groups in total. The van der Waals surface area contributed by atoms with Crippen molar-refractivity contribution < 1.29 is 19.4 Å². The smallest absolute Gasteiger partial charge is 0.295 e. The average Bonchev–Trinajstić information content (AvgIpc) is 3.11. The van der Waals surface area contributed by atoms with Crippen LogP contribution in [0.4, 0.5) is 0 Å². The van der Waals surface area contributed by atoms with Crippen molar-refractivity contribution in [3.8, 4) is 5.75 Å². The van der Waals surface area contributed by atoms with E-state index in [1.165, 1.54) is 0 Å². The first-order valence-corrected chi connectivity index (χ1v) is 12.6. The molecule has 6 heteroatoms. The van der Waals surface area contributed by atoms with Crippen LogP contribution in [0.1, 0.15) is 61.9 Å². The van der Waals surface area contributed by atoms with Gasteiger partial charge >= 0.3 is 0 Å². The standard InChI is InChI=1S/C29H38N2O4/c1-6-9-18-35-23-14-12-22(13-15-23)26-25(27(32)24-19-20(4)10-11-21(24)5)28(33)29(34)31(26)17-16-30(7-2)8-3/h10-15,19,26,32H,6-9,16-18H2,1-5H3/b27-25+. The van der Waals surface area contributed by atoms with Crippen molar-refractivity contribution in [2.75, 3.05) is 32.8 Å². The number of likely N-dealkylation sites (N-methyl/N-ethyl adjacent to an activating group) is 1. The highest BCUT2D eigenvalue weighted by molar-refractivity contribution is 6.46. The molecule has 1 aliphatic rings. The molecule has 3 rings (SSSR count). The van der Waals surface area contributed by atoms with Crippen molar-refractivity contribution in [2.24, 2.45) is 0 Å². The number of aliphatic hydroxyl groups is 1. The Morgan fingerprint density at radius 1 is 1.03 bits per heavy atom. The van der Waals surface area contributed by atoms with E-state index in [9.17, 15) is 14.7 Å². The van der Waals surface area contributed by atoms with Gasteiger partial charge in [0.1, 0.15) is 11.5 Å². The van der Waals surface area contributed by atoms with Gasteiger partial charge in [0.15, 0.2) is 0 Å². The van der Waals surface area contributed by atoms with Gasteiger partial charge in [0.2, 0.25) is 0 Å². The van der Waals surface area contributed by atoms with E-state index in [4.69, 9.17) is 4.74 Å². The van der Waals surface area contributed by atoms with Crippen LogP contribution in [-0.4, -0.2) is 59.4 Å². The molecule has 0 radical (unpaired) electrons. The second kappa shape index (κ2) is 12.0. The lowest BCUT2D eigenvalue weighted by molar-refractivity contribution is -0.140. The summed E-state index contributed by atoms with van der Waals surface area (Å²) in [5, 5.41) is 11.4. The molecule has 188 valence electrons. The predicted molar refractivity (Wildman–Crippen MR) is 140 cm³/mol. The lowest BCUT2D eigenvalue weighted by Gasteiger charge is -2.28. The Balaban J connectivity index is 2.06. The molecule has 1 atom stereocenters. The number of likely N-dealkylation sites (tertiary alicyclic amines) is 1. The SMILES string of the molecule is CCCCOc1ccc(C2/C(=C(\O)c3cc(C)ccc3C)C(=O)C(=O)N2CCN(CC)CC)cc1. The Hall–Kier alpha value is -3.12. The second-order valence-electron chi connectivity index (χ2n) is 9.11. The van der Waals surface area contributed by atoms with E-state index in [1.807, 2.05) is 56.3 Å². The molecule has 1 heterocycles. The summed E-state index contributed by atoms with van der Waals surface area (Å²) in [5.41, 5.74) is 3.32. The molecular weight excluding hydrogens is 440 g/mol. The van der Waals surface area contributed by atoms with Gasteiger partial charge in [0.05, 0.1) is 18.2 Å². The minimum Gasteiger partial charge on any atom is -0.507 e. The monoisotopic (exact) mass is 478 g/mol. The average molecular weight is 479 g/mol. The summed E-state index contributed by atoms with van der Waals surface area (Å²) < 4.78 is 5.80. The maximum atomic E-state index is 13.3. The van der Waals surface area contributed by atoms with Crippen LogP contribution in [0.3, 0.4) is 0 Å². The molecule has 1 amide bonds. The molecule has 0 bridgehead atoms. The molecule has 2 aromatic carbocycles. The number of carbonyl (C=O) groups excluding carboxylic acids is 2. The zero-order chi connectivity index (χ0) is 25.5. The van der Waals surface area contributed by atoms with Crippen molar-refractivity contribution in [1.29, 1.82) is 0 Å². The molecule has 0 aliphatic carbocycles. The number of ketones is 1. The largest absolute Gasteiger partial charge is 0.507 e. The third kappa shape index (κ3) is 5.93. The molecule has 1 fully saturated rings. The number of unbranched alkanes of at least 4 members (excludes halogenated alkanes) is 1. The number of hydrogen-bond donors (Lipinski definition) is 1. The Labute approximate surface area is 209 Å². The number of hydrogen-bond acceptors (Lipinski definition) is 5. The fraction of sp³-hybridized carbons (Fsp3) is 0.448. The van der Waals surface area contributed by atoms with Gasteiger partial charge in [-0.05, 0) is 62.7 Å². The predicted octanol–water partition coefficient (Wildman–Crippen LogP) is 5.25. The van der Waals surface area contributed by atoms with Gasteiger partial charge < -0.3 is 19.6 Å². The highest BCUT2D eigenvalue weighted by Gasteiger charge is 2.46. The van der Waals surface area contributed by atoms with Crippen molar-refractivity contribution >= 4 is 17.4 Å². The van der Waals surface area contributed by atoms with Crippen LogP contribution in [0.15, 0.2) is 48.0 Å². The van der Waals surface area contributed by atoms with Crippen molar-refractivity contribution in [2.45, 2.75) is 53.5 Å². The summed E-state index contributed by atoms with van der Waals surface area (Å²) in [6.07, 6.45) is 2.03. The van der Waals surface area contributed by atoms with Crippen LogP contribution >= 0.6 is 0 Å². The number of benzene rings is 2. The third-order valence-electron chi connectivity index (χ3n) is 6.70. The first kappa shape index (κ1) is 26.5. The Bertz CT molecular complexity index is 1070. The zero-order valence-electron chi connectivity index (χ0n) is 21.6. The summed E-state index contributed by atoms with van der Waals surface area (Å²) in [6.45, 7) is 13.5. The second-order valence-corrected chi connectivity index (χ2v) is 9.11. The van der Waals surface area contributed by atoms with Crippen LogP contribution in [0, 0.1) is 13.8 Å². The topological polar surface area (TPSA) is 70.1 Å². The number of Topliss-reactive ketones (excluding diaryl/α,β-unsaturated/α-hetero) is 1. The van der Waals surface area contributed by atoms with Gasteiger partial charge in [-0.2, -0.15) is 0 Å². The van der Waals surface area contributed by atoms with Crippen LogP contribution < -0.4 is 4.74 Å². The van der Waals surface area contributed by atoms with E-state index in [0.717, 1.165) is 48.4 Å². The highest BCUT2D eigenvalue weighted by Crippen LogP contribution is 2.40. The van der Waals surface area contributed by atoms with Crippen LogP contribution in [0.5, 0.6) is 5.75 Å². The first-order valence-electron chi connectivity index (χ1n) is 12.6. The summed E-state index contributed by atoms with van der Waals surface area (Å²) in [7, 11) is 0. The number of rotatable bonds is 11. The number of nitrogens with zero attached hydrogens (tertiary/aromatic N) is 2. The van der Waals surface area contributed by atoms with Crippen molar-refractivity contribution in [3.05, 3.63) is 70.3 Å². The Morgan fingerprint density at radius 2 is 1.71 bits per heavy atom. The van der Waals surface area contributed by atoms with Crippen LogP contribution in [-0.2, 0) is 9.59 Å². The van der Waals surface area contributed by atoms with Gasteiger partial charge in [-0.15, -0.1) is 0 Å². The van der Waals surface area contributed by atoms with E-state index in [2.05, 4.69) is 25.7 Å². The summed E-state index contributed by atoms with van der Waals surface area (Å²) in [6, 6.07) is 12.6. The molecule has 6 nitrogen and oxygen atoms in total. The molecule has 0 aromatic heterocycles. The van der Waals surface area contributed by atoms with E-state index >= 15 is 0 Å². The maximum absolute atomic E-state index is 13.3. The van der Waals surface area contributed by atoms with Gasteiger partial charge in [0.25, 0.3) is 11.7 Å². The zero-order valence-corrected chi connectivity index (χ0v) is 21.6. The molecular formula is C29H38N2O4. The first-order chi connectivity index (χ1) is 16.8. The maximum Gasteiger partial charge on any atom is 0.295 e. The number of amides is 1. The molecule has 2 aromatic rings. The fourth-order valence-electron chi connectivity index (χ4n) is 4.46. The normalized spacial score (nSPS) is 17.4. The number of aryl methyl sites for hydroxylation is 2. The Kier molecular flexibility index (Phi) is 9.10. The summed E-state index contributed by atoms with van der Waals surface area (Å²) in [5.74, 6) is -0.589. The van der Waals surface area contributed by atoms with E-state index in [0.29, 0.717) is 25.3 Å². The lowest BCUT2D eigenvalue weighted by atomic mass is 9.93. The molecule has 1 saturated heterocycles. The highest BCUT2D eigenvalue weighted by atomic mass is 16.5. The molecule has 0 spiro atoms. The quantitative estimate of drug-likeness (QED) is 0.207. The van der Waals surface area contributed by atoms with E-state index < -0.39 is 17.7 Å². The van der Waals surface area contributed by atoms with Crippen molar-refractivity contribution in [3.63, 3.8) is 0 Å². The number of ether oxygens (including phenoxy) is 1. The summed E-state index contributed by atoms with van der Waals surface area (Å²) >= 11 is 0. The number of aliphatic hydroxyl groups excluding tert-OH is 1. The minimum absolute atomic E-state index is 0.122. The van der Waals surface area contributed by atoms with Crippen LogP contribution in [0.25, 0.3) is 5.76 Å². The van der Waals surface area contributed by atoms with Gasteiger partial charge in [-0.3, -0.25) is 9.59 Å². The lowest BCUT2D eigenvalue weighted by Crippen LogP contribution is -2.38.